The van der Waals surface area contributed by atoms with E-state index in [1.54, 1.807) is 0 Å². The van der Waals surface area contributed by atoms with Gasteiger partial charge in [-0.25, -0.2) is 0 Å². The van der Waals surface area contributed by atoms with E-state index in [0.29, 0.717) is 12.4 Å². The van der Waals surface area contributed by atoms with Crippen molar-refractivity contribution in [3.8, 4) is 11.4 Å². The highest BCUT2D eigenvalue weighted by Gasteiger charge is 2.11. The number of nitrogens with one attached hydrogen (secondary N) is 1. The summed E-state index contributed by atoms with van der Waals surface area (Å²) < 4.78 is 0. The van der Waals surface area contributed by atoms with Crippen LogP contribution >= 0.6 is 0 Å². The van der Waals surface area contributed by atoms with Crippen LogP contribution in [0.5, 0.6) is 0 Å². The normalized spacial score (nSPS) is 14.0. The van der Waals surface area contributed by atoms with Crippen molar-refractivity contribution in [1.29, 1.82) is 0 Å². The second kappa shape index (κ2) is 8.86. The van der Waals surface area contributed by atoms with E-state index < -0.39 is 0 Å². The molecular weight excluding hydrogens is 364 g/mol. The minimum atomic E-state index is -0.141. The van der Waals surface area contributed by atoms with Crippen molar-refractivity contribution in [3.63, 3.8) is 0 Å². The van der Waals surface area contributed by atoms with Crippen LogP contribution in [0.1, 0.15) is 30.4 Å². The van der Waals surface area contributed by atoms with E-state index in [9.17, 15) is 4.79 Å². The molecule has 1 aliphatic rings. The van der Waals surface area contributed by atoms with Crippen molar-refractivity contribution in [2.24, 2.45) is 0 Å². The lowest BCUT2D eigenvalue weighted by Gasteiger charge is -2.28. The zero-order chi connectivity index (χ0) is 20.1. The molecule has 7 heteroatoms. The molecule has 1 N–H and O–H groups in total. The summed E-state index contributed by atoms with van der Waals surface area (Å²) >= 11 is 0. The van der Waals surface area contributed by atoms with Crippen molar-refractivity contribution >= 4 is 11.6 Å². The molecule has 0 unspecified atom stereocenters. The number of hydrogen-bond donors (Lipinski definition) is 1. The summed E-state index contributed by atoms with van der Waals surface area (Å²) in [5.41, 5.74) is 4.39. The number of rotatable bonds is 6. The highest BCUT2D eigenvalue weighted by atomic mass is 16.2. The Labute approximate surface area is 170 Å². The molecule has 0 atom stereocenters. The van der Waals surface area contributed by atoms with Crippen LogP contribution < -0.4 is 10.2 Å². The summed E-state index contributed by atoms with van der Waals surface area (Å²) in [5.74, 6) is 0.379. The highest BCUT2D eigenvalue weighted by Crippen LogP contribution is 2.20. The molecule has 1 fully saturated rings. The highest BCUT2D eigenvalue weighted by molar-refractivity contribution is 5.75. The fourth-order valence-electron chi connectivity index (χ4n) is 3.49. The quantitative estimate of drug-likeness (QED) is 0.700. The van der Waals surface area contributed by atoms with Gasteiger partial charge in [0, 0.05) is 30.9 Å². The summed E-state index contributed by atoms with van der Waals surface area (Å²) in [7, 11) is 0. The number of amides is 1. The standard InChI is InChI=1S/C22H26N6O/c1-17-5-9-19(10-6-17)22-24-26-28(25-22)16-21(29)23-15-18-7-11-20(12-8-18)27-13-3-2-4-14-27/h5-12H,2-4,13-16H2,1H3,(H,23,29). The molecule has 2 aromatic carbocycles. The van der Waals surface area contributed by atoms with Gasteiger partial charge in [0.1, 0.15) is 6.54 Å². The number of aryl methyl sites for hydroxylation is 1. The molecule has 3 aromatic rings. The van der Waals surface area contributed by atoms with Crippen LogP contribution in [-0.2, 0) is 17.9 Å². The first kappa shape index (κ1) is 19.1. The number of tetrazole rings is 1. The lowest BCUT2D eigenvalue weighted by Crippen LogP contribution is -2.29. The van der Waals surface area contributed by atoms with Crippen LogP contribution in [0.2, 0.25) is 0 Å². The Kier molecular flexibility index (Phi) is 5.84. The summed E-state index contributed by atoms with van der Waals surface area (Å²) in [6.07, 6.45) is 3.85. The Hall–Kier alpha value is -3.22. The number of nitrogens with zero attached hydrogens (tertiary/aromatic N) is 5. The number of carbonyl (C=O) groups is 1. The number of piperidine rings is 1. The van der Waals surface area contributed by atoms with Gasteiger partial charge in [0.15, 0.2) is 0 Å². The lowest BCUT2D eigenvalue weighted by atomic mass is 10.1. The molecule has 1 aliphatic heterocycles. The van der Waals surface area contributed by atoms with E-state index in [-0.39, 0.29) is 12.5 Å². The average molecular weight is 390 g/mol. The smallest absolute Gasteiger partial charge is 0.243 e. The summed E-state index contributed by atoms with van der Waals surface area (Å²) in [6.45, 7) is 4.82. The first-order valence-corrected chi connectivity index (χ1v) is 10.1. The molecule has 4 rings (SSSR count). The summed E-state index contributed by atoms with van der Waals surface area (Å²) in [6, 6.07) is 16.3. The molecule has 0 aliphatic carbocycles. The minimum Gasteiger partial charge on any atom is -0.372 e. The van der Waals surface area contributed by atoms with Crippen molar-refractivity contribution in [1.82, 2.24) is 25.5 Å². The van der Waals surface area contributed by atoms with E-state index in [2.05, 4.69) is 49.9 Å². The fraction of sp³-hybridized carbons (Fsp3) is 0.364. The van der Waals surface area contributed by atoms with Crippen molar-refractivity contribution < 1.29 is 4.79 Å². The fourth-order valence-corrected chi connectivity index (χ4v) is 3.49. The number of hydrogen-bond acceptors (Lipinski definition) is 5. The first-order chi connectivity index (χ1) is 14.2. The minimum absolute atomic E-state index is 0.0464. The van der Waals surface area contributed by atoms with Gasteiger partial charge < -0.3 is 10.2 Å². The van der Waals surface area contributed by atoms with Crippen LogP contribution in [0.4, 0.5) is 5.69 Å². The predicted octanol–water partition coefficient (Wildman–Crippen LogP) is 2.96. The van der Waals surface area contributed by atoms with Crippen LogP contribution in [-0.4, -0.2) is 39.2 Å². The van der Waals surface area contributed by atoms with E-state index in [1.165, 1.54) is 35.3 Å². The Morgan fingerprint density at radius 3 is 2.45 bits per heavy atom. The third kappa shape index (κ3) is 4.99. The van der Waals surface area contributed by atoms with Crippen LogP contribution in [0.15, 0.2) is 48.5 Å². The van der Waals surface area contributed by atoms with E-state index in [4.69, 9.17) is 0 Å². The number of benzene rings is 2. The number of aromatic nitrogens is 4. The molecule has 0 radical (unpaired) electrons. The van der Waals surface area contributed by atoms with Crippen molar-refractivity contribution in [3.05, 3.63) is 59.7 Å². The predicted molar refractivity (Wildman–Crippen MR) is 112 cm³/mol. The molecule has 0 spiro atoms. The number of anilines is 1. The van der Waals surface area contributed by atoms with E-state index in [1.807, 2.05) is 31.2 Å². The second-order valence-corrected chi connectivity index (χ2v) is 7.50. The monoisotopic (exact) mass is 390 g/mol. The Morgan fingerprint density at radius 2 is 1.72 bits per heavy atom. The molecular formula is C22H26N6O. The molecule has 1 saturated heterocycles. The third-order valence-electron chi connectivity index (χ3n) is 5.19. The molecule has 1 aromatic heterocycles. The molecule has 1 amide bonds. The van der Waals surface area contributed by atoms with Crippen LogP contribution in [0, 0.1) is 6.92 Å². The van der Waals surface area contributed by atoms with Gasteiger partial charge >= 0.3 is 0 Å². The molecule has 150 valence electrons. The SMILES string of the molecule is Cc1ccc(-c2nnn(CC(=O)NCc3ccc(N4CCCCC4)cc3)n2)cc1. The molecule has 7 nitrogen and oxygen atoms in total. The van der Waals surface area contributed by atoms with Gasteiger partial charge in [-0.3, -0.25) is 4.79 Å². The van der Waals surface area contributed by atoms with Gasteiger partial charge in [-0.15, -0.1) is 10.2 Å². The maximum absolute atomic E-state index is 12.2. The average Bonchev–Trinajstić information content (AvgIpc) is 3.22. The molecule has 0 saturated carbocycles. The van der Waals surface area contributed by atoms with Crippen LogP contribution in [0.3, 0.4) is 0 Å². The van der Waals surface area contributed by atoms with Crippen molar-refractivity contribution in [2.45, 2.75) is 39.3 Å². The molecule has 29 heavy (non-hydrogen) atoms. The third-order valence-corrected chi connectivity index (χ3v) is 5.19. The van der Waals surface area contributed by atoms with Gasteiger partial charge in [0.25, 0.3) is 0 Å². The van der Waals surface area contributed by atoms with Crippen LogP contribution in [0.25, 0.3) is 11.4 Å². The first-order valence-electron chi connectivity index (χ1n) is 10.1. The summed E-state index contributed by atoms with van der Waals surface area (Å²) in [5, 5.41) is 15.2. The van der Waals surface area contributed by atoms with E-state index in [0.717, 1.165) is 24.2 Å². The maximum atomic E-state index is 12.2. The Morgan fingerprint density at radius 1 is 1.00 bits per heavy atom. The zero-order valence-electron chi connectivity index (χ0n) is 16.7. The van der Waals surface area contributed by atoms with E-state index >= 15 is 0 Å². The Bertz CT molecular complexity index is 942. The topological polar surface area (TPSA) is 75.9 Å². The maximum Gasteiger partial charge on any atom is 0.243 e. The van der Waals surface area contributed by atoms with Crippen molar-refractivity contribution in [2.75, 3.05) is 18.0 Å². The zero-order valence-corrected chi connectivity index (χ0v) is 16.7. The van der Waals surface area contributed by atoms with Gasteiger partial charge in [-0.2, -0.15) is 4.80 Å². The second-order valence-electron chi connectivity index (χ2n) is 7.50. The Balaban J connectivity index is 1.28. The van der Waals surface area contributed by atoms with Gasteiger partial charge in [-0.05, 0) is 49.1 Å². The lowest BCUT2D eigenvalue weighted by molar-refractivity contribution is -0.122. The summed E-state index contributed by atoms with van der Waals surface area (Å²) in [4.78, 5) is 16.0. The molecule has 0 bridgehead atoms. The van der Waals surface area contributed by atoms with Gasteiger partial charge in [0.2, 0.25) is 11.7 Å². The molecule has 2 heterocycles. The number of carbonyl (C=O) groups excluding carboxylic acids is 1. The van der Waals surface area contributed by atoms with Gasteiger partial charge in [0.05, 0.1) is 0 Å². The van der Waals surface area contributed by atoms with Gasteiger partial charge in [-0.1, -0.05) is 42.0 Å². The largest absolute Gasteiger partial charge is 0.372 e.